The molecule has 0 aromatic rings. The predicted molar refractivity (Wildman–Crippen MR) is 47.5 cm³/mol. The molecule has 0 aliphatic rings. The highest BCUT2D eigenvalue weighted by Crippen LogP contribution is 2.05. The summed E-state index contributed by atoms with van der Waals surface area (Å²) in [5, 5.41) is 8.37. The molecule has 3 nitrogen and oxygen atoms in total. The van der Waals surface area contributed by atoms with Gasteiger partial charge in [0.05, 0.1) is 20.7 Å². The van der Waals surface area contributed by atoms with Crippen LogP contribution in [0, 0.1) is 0 Å². The summed E-state index contributed by atoms with van der Waals surface area (Å²) in [5.41, 5.74) is 0. The van der Waals surface area contributed by atoms with Crippen molar-refractivity contribution in [2.75, 3.05) is 27.2 Å². The second-order valence-electron chi connectivity index (χ2n) is 3.15. The first-order chi connectivity index (χ1) is 4.91. The maximum absolute atomic E-state index is 11.3. The van der Waals surface area contributed by atoms with Crippen molar-refractivity contribution in [1.82, 2.24) is 0 Å². The van der Waals surface area contributed by atoms with Crippen LogP contribution in [-0.2, 0) is 4.79 Å². The molecule has 0 heterocycles. The molecule has 1 amide bonds. The number of aliphatic hydroxyl groups is 1. The van der Waals surface area contributed by atoms with E-state index in [4.69, 9.17) is 5.11 Å². The first kappa shape index (κ1) is 10.9. The molecule has 0 aromatic heterocycles. The molecule has 0 rings (SSSR count). The number of hydrogen-bond donors (Lipinski definition) is 2. The van der Waals surface area contributed by atoms with E-state index in [2.05, 4.69) is 12.6 Å². The Balaban J connectivity index is 4.17. The topological polar surface area (TPSA) is 37.3 Å². The molecule has 0 spiro atoms. The van der Waals surface area contributed by atoms with Crippen LogP contribution in [0.1, 0.15) is 6.92 Å². The molecule has 0 aromatic carbocycles. The Labute approximate surface area is 73.0 Å². The third-order valence-corrected chi connectivity index (χ3v) is 1.83. The number of nitrogens with zero attached hydrogens (tertiary/aromatic N) is 1. The number of thiol groups is 1. The summed E-state index contributed by atoms with van der Waals surface area (Å²) >= 11 is 4.03. The van der Waals surface area contributed by atoms with Crippen molar-refractivity contribution in [3.05, 3.63) is 0 Å². The van der Waals surface area contributed by atoms with Crippen molar-refractivity contribution in [3.63, 3.8) is 0 Å². The second kappa shape index (κ2) is 4.09. The lowest BCUT2D eigenvalue weighted by molar-refractivity contribution is -0.814. The zero-order chi connectivity index (χ0) is 9.07. The average molecular weight is 178 g/mol. The molecular formula is C7H16NO2S+. The molecule has 0 aliphatic carbocycles. The van der Waals surface area contributed by atoms with Crippen molar-refractivity contribution in [2.45, 2.75) is 12.2 Å². The van der Waals surface area contributed by atoms with Gasteiger partial charge in [-0.25, -0.2) is 4.79 Å². The van der Waals surface area contributed by atoms with Crippen molar-refractivity contribution in [3.8, 4) is 0 Å². The van der Waals surface area contributed by atoms with Gasteiger partial charge in [0.15, 0.2) is 0 Å². The van der Waals surface area contributed by atoms with Crippen LogP contribution in [0.2, 0.25) is 0 Å². The van der Waals surface area contributed by atoms with E-state index in [9.17, 15) is 4.79 Å². The quantitative estimate of drug-likeness (QED) is 0.468. The molecule has 0 aliphatic heterocycles. The van der Waals surface area contributed by atoms with E-state index in [0.29, 0.717) is 6.54 Å². The highest BCUT2D eigenvalue weighted by Gasteiger charge is 2.28. The van der Waals surface area contributed by atoms with Crippen LogP contribution < -0.4 is 0 Å². The van der Waals surface area contributed by atoms with Gasteiger partial charge >= 0.3 is 5.91 Å². The first-order valence-electron chi connectivity index (χ1n) is 3.58. The molecule has 0 radical (unpaired) electrons. The normalized spacial score (nSPS) is 14.6. The van der Waals surface area contributed by atoms with Gasteiger partial charge in [-0.05, 0) is 6.92 Å². The van der Waals surface area contributed by atoms with Gasteiger partial charge in [-0.1, -0.05) is 0 Å². The molecular weight excluding hydrogens is 162 g/mol. The molecule has 0 saturated heterocycles. The summed E-state index contributed by atoms with van der Waals surface area (Å²) in [6, 6.07) is 0. The Bertz CT molecular complexity index is 145. The summed E-state index contributed by atoms with van der Waals surface area (Å²) in [5.74, 6) is 0.0300. The van der Waals surface area contributed by atoms with Crippen molar-refractivity contribution in [2.24, 2.45) is 0 Å². The minimum Gasteiger partial charge on any atom is -0.390 e. The number of quaternary nitrogens is 1. The fourth-order valence-electron chi connectivity index (χ4n) is 0.866. The van der Waals surface area contributed by atoms with Gasteiger partial charge in [0.25, 0.3) is 0 Å². The smallest absolute Gasteiger partial charge is 0.325 e. The standard InChI is InChI=1S/C7H15NO2S/c1-6(11)7(10)8(2,3)4-5-9/h6,9H,4-5H2,1-3H3/p+1. The molecule has 1 unspecified atom stereocenters. The molecule has 0 saturated carbocycles. The Morgan fingerprint density at radius 3 is 2.36 bits per heavy atom. The van der Waals surface area contributed by atoms with Gasteiger partial charge in [-0.2, -0.15) is 12.6 Å². The van der Waals surface area contributed by atoms with Gasteiger partial charge in [-0.3, -0.25) is 4.48 Å². The zero-order valence-electron chi connectivity index (χ0n) is 7.24. The lowest BCUT2D eigenvalue weighted by atomic mass is 10.3. The average Bonchev–Trinajstić information content (AvgIpc) is 1.86. The summed E-state index contributed by atoms with van der Waals surface area (Å²) in [6.45, 7) is 2.21. The number of hydrogen-bond acceptors (Lipinski definition) is 3. The van der Waals surface area contributed by atoms with Crippen LogP contribution >= 0.6 is 12.6 Å². The highest BCUT2D eigenvalue weighted by molar-refractivity contribution is 7.81. The highest BCUT2D eigenvalue weighted by atomic mass is 32.1. The number of rotatable bonds is 3. The Morgan fingerprint density at radius 2 is 2.09 bits per heavy atom. The summed E-state index contributed by atoms with van der Waals surface area (Å²) in [6.07, 6.45) is 0. The molecule has 0 fully saturated rings. The van der Waals surface area contributed by atoms with E-state index in [1.807, 2.05) is 0 Å². The van der Waals surface area contributed by atoms with Crippen LogP contribution in [0.5, 0.6) is 0 Å². The minimum absolute atomic E-state index is 0.0270. The minimum atomic E-state index is -0.267. The fourth-order valence-corrected chi connectivity index (χ4v) is 1.18. The van der Waals surface area contributed by atoms with Gasteiger partial charge in [0, 0.05) is 0 Å². The first-order valence-corrected chi connectivity index (χ1v) is 4.10. The van der Waals surface area contributed by atoms with E-state index < -0.39 is 0 Å². The summed E-state index contributed by atoms with van der Waals surface area (Å²) in [7, 11) is 3.54. The third-order valence-electron chi connectivity index (χ3n) is 1.61. The number of likely N-dealkylation sites (N-methyl/N-ethyl adjacent to an activating group) is 1. The lowest BCUT2D eigenvalue weighted by Crippen LogP contribution is -2.50. The van der Waals surface area contributed by atoms with Crippen molar-refractivity contribution < 1.29 is 14.4 Å². The predicted octanol–water partition coefficient (Wildman–Crippen LogP) is -0.100. The number of aliphatic hydroxyl groups excluding tert-OH is 1. The largest absolute Gasteiger partial charge is 0.390 e. The van der Waals surface area contributed by atoms with Crippen molar-refractivity contribution >= 4 is 18.5 Å². The summed E-state index contributed by atoms with van der Waals surface area (Å²) in [4.78, 5) is 11.3. The maximum atomic E-state index is 11.3. The van der Waals surface area contributed by atoms with E-state index in [1.165, 1.54) is 0 Å². The Hall–Kier alpha value is -0.0600. The Kier molecular flexibility index (Phi) is 4.07. The Morgan fingerprint density at radius 1 is 1.64 bits per heavy atom. The van der Waals surface area contributed by atoms with E-state index in [1.54, 1.807) is 21.0 Å². The van der Waals surface area contributed by atoms with Crippen LogP contribution in [-0.4, -0.2) is 48.0 Å². The van der Waals surface area contributed by atoms with E-state index in [0.717, 1.165) is 0 Å². The summed E-state index contributed by atoms with van der Waals surface area (Å²) < 4.78 is 0.196. The zero-order valence-corrected chi connectivity index (χ0v) is 8.14. The van der Waals surface area contributed by atoms with Crippen LogP contribution in [0.25, 0.3) is 0 Å². The maximum Gasteiger partial charge on any atom is 0.325 e. The molecule has 0 bridgehead atoms. The van der Waals surface area contributed by atoms with Crippen LogP contribution in [0.3, 0.4) is 0 Å². The van der Waals surface area contributed by atoms with E-state index >= 15 is 0 Å². The molecule has 4 heteroatoms. The second-order valence-corrected chi connectivity index (χ2v) is 3.92. The number of carbonyl (C=O) groups excluding carboxylic acids is 1. The third kappa shape index (κ3) is 3.22. The van der Waals surface area contributed by atoms with Crippen LogP contribution in [0.4, 0.5) is 0 Å². The lowest BCUT2D eigenvalue weighted by Gasteiger charge is -2.27. The molecule has 11 heavy (non-hydrogen) atoms. The van der Waals surface area contributed by atoms with Gasteiger partial charge in [0.2, 0.25) is 0 Å². The van der Waals surface area contributed by atoms with Crippen molar-refractivity contribution in [1.29, 1.82) is 0 Å². The molecule has 1 N–H and O–H groups in total. The number of carbonyl (C=O) groups is 1. The SMILES string of the molecule is CC(S)C(=O)[N+](C)(C)CCO. The molecule has 1 atom stereocenters. The van der Waals surface area contributed by atoms with Gasteiger partial charge in [-0.15, -0.1) is 0 Å². The number of amides is 1. The van der Waals surface area contributed by atoms with Gasteiger partial charge in [0.1, 0.15) is 11.8 Å². The van der Waals surface area contributed by atoms with E-state index in [-0.39, 0.29) is 22.2 Å². The van der Waals surface area contributed by atoms with Crippen LogP contribution in [0.15, 0.2) is 0 Å². The fraction of sp³-hybridized carbons (Fsp3) is 0.857. The molecule has 66 valence electrons. The van der Waals surface area contributed by atoms with Gasteiger partial charge < -0.3 is 5.11 Å². The monoisotopic (exact) mass is 178 g/mol.